The molecule has 7 nitrogen and oxygen atoms in total. The maximum absolute atomic E-state index is 13.9. The number of carbonyl (C=O) groups is 2. The average Bonchev–Trinajstić information content (AvgIpc) is 3.47. The van der Waals surface area contributed by atoms with Crippen LogP contribution in [0.25, 0.3) is 0 Å². The van der Waals surface area contributed by atoms with Crippen molar-refractivity contribution < 1.29 is 26.8 Å². The second-order valence-electron chi connectivity index (χ2n) is 11.2. The van der Waals surface area contributed by atoms with Crippen LogP contribution in [0.4, 0.5) is 14.5 Å². The van der Waals surface area contributed by atoms with Crippen LogP contribution in [0, 0.1) is 18.6 Å². The minimum Gasteiger partial charge on any atom is -0.352 e. The molecule has 3 aromatic rings. The van der Waals surface area contributed by atoms with E-state index >= 15 is 0 Å². The lowest BCUT2D eigenvalue weighted by Gasteiger charge is -2.33. The fourth-order valence-corrected chi connectivity index (χ4v) is 6.53. The van der Waals surface area contributed by atoms with E-state index in [0.29, 0.717) is 6.42 Å². The highest BCUT2D eigenvalue weighted by Gasteiger charge is 2.32. The summed E-state index contributed by atoms with van der Waals surface area (Å²) >= 11 is 0. The molecule has 1 saturated carbocycles. The number of nitrogens with one attached hydrogen (secondary N) is 1. The molecule has 1 atom stereocenters. The zero-order valence-electron chi connectivity index (χ0n) is 24.6. The molecule has 1 fully saturated rings. The van der Waals surface area contributed by atoms with Crippen molar-refractivity contribution >= 4 is 27.5 Å². The Labute approximate surface area is 252 Å². The van der Waals surface area contributed by atoms with Gasteiger partial charge in [-0.05, 0) is 49.4 Å². The van der Waals surface area contributed by atoms with Crippen LogP contribution in [-0.4, -0.2) is 50.0 Å². The largest absolute Gasteiger partial charge is 0.352 e. The van der Waals surface area contributed by atoms with Crippen LogP contribution in [0.2, 0.25) is 0 Å². The predicted molar refractivity (Wildman–Crippen MR) is 164 cm³/mol. The Kier molecular flexibility index (Phi) is 10.9. The van der Waals surface area contributed by atoms with Crippen LogP contribution >= 0.6 is 0 Å². The number of nitrogens with zero attached hydrogens (tertiary/aromatic N) is 2. The van der Waals surface area contributed by atoms with Crippen molar-refractivity contribution in [3.8, 4) is 0 Å². The molecule has 0 saturated heterocycles. The maximum atomic E-state index is 13.9. The lowest BCUT2D eigenvalue weighted by Crippen LogP contribution is -2.52. The first-order valence-electron chi connectivity index (χ1n) is 14.6. The Morgan fingerprint density at radius 1 is 0.930 bits per heavy atom. The van der Waals surface area contributed by atoms with Crippen LogP contribution in [-0.2, 0) is 32.6 Å². The first kappa shape index (κ1) is 32.1. The van der Waals surface area contributed by atoms with Gasteiger partial charge in [0.2, 0.25) is 21.8 Å². The highest BCUT2D eigenvalue weighted by molar-refractivity contribution is 7.92. The highest BCUT2D eigenvalue weighted by atomic mass is 32.2. The summed E-state index contributed by atoms with van der Waals surface area (Å²) in [6.45, 7) is 2.04. The maximum Gasteiger partial charge on any atom is 0.243 e. The zero-order chi connectivity index (χ0) is 31.0. The molecule has 3 aromatic carbocycles. The number of carbonyl (C=O) groups excluding carboxylic acids is 2. The van der Waals surface area contributed by atoms with Gasteiger partial charge in [-0.1, -0.05) is 73.0 Å². The van der Waals surface area contributed by atoms with Gasteiger partial charge in [0.25, 0.3) is 0 Å². The number of anilines is 1. The van der Waals surface area contributed by atoms with E-state index in [0.717, 1.165) is 65.1 Å². The number of halogens is 2. The van der Waals surface area contributed by atoms with E-state index in [1.165, 1.54) is 6.07 Å². The second kappa shape index (κ2) is 14.6. The molecule has 0 heterocycles. The molecule has 0 spiro atoms. The summed E-state index contributed by atoms with van der Waals surface area (Å²) in [6, 6.07) is 19.5. The minimum absolute atomic E-state index is 0.0247. The Bertz CT molecular complexity index is 1510. The van der Waals surface area contributed by atoms with Crippen LogP contribution in [0.15, 0.2) is 72.8 Å². The summed E-state index contributed by atoms with van der Waals surface area (Å²) < 4.78 is 53.5. The Balaban J connectivity index is 1.59. The van der Waals surface area contributed by atoms with Crippen molar-refractivity contribution in [2.45, 2.75) is 70.5 Å². The SMILES string of the molecule is Cc1cccc(CN(C(=O)CCCN(c2ccc(F)c(F)c2)S(C)(=O)=O)[C@H](Cc2ccccc2)C(=O)NC2CCCC2)c1. The molecule has 0 aromatic heterocycles. The third-order valence-corrected chi connectivity index (χ3v) is 8.95. The van der Waals surface area contributed by atoms with Gasteiger partial charge in [-0.2, -0.15) is 0 Å². The van der Waals surface area contributed by atoms with Crippen LogP contribution < -0.4 is 9.62 Å². The van der Waals surface area contributed by atoms with Crippen molar-refractivity contribution in [1.29, 1.82) is 0 Å². The smallest absolute Gasteiger partial charge is 0.243 e. The van der Waals surface area contributed by atoms with Gasteiger partial charge < -0.3 is 10.2 Å². The average molecular weight is 612 g/mol. The monoisotopic (exact) mass is 611 g/mol. The minimum atomic E-state index is -3.85. The summed E-state index contributed by atoms with van der Waals surface area (Å²) in [5, 5.41) is 3.17. The molecule has 0 radical (unpaired) electrons. The molecule has 230 valence electrons. The summed E-state index contributed by atoms with van der Waals surface area (Å²) in [4.78, 5) is 29.3. The molecule has 0 aliphatic heterocycles. The van der Waals surface area contributed by atoms with Gasteiger partial charge in [0.05, 0.1) is 11.9 Å². The van der Waals surface area contributed by atoms with E-state index in [1.54, 1.807) is 4.90 Å². The number of hydrogen-bond acceptors (Lipinski definition) is 4. The molecule has 1 aliphatic carbocycles. The number of amides is 2. The van der Waals surface area contributed by atoms with Crippen molar-refractivity contribution in [2.75, 3.05) is 17.1 Å². The van der Waals surface area contributed by atoms with Crippen molar-refractivity contribution in [1.82, 2.24) is 10.2 Å². The Morgan fingerprint density at radius 2 is 1.63 bits per heavy atom. The summed E-state index contributed by atoms with van der Waals surface area (Å²) in [7, 11) is -3.85. The number of sulfonamides is 1. The summed E-state index contributed by atoms with van der Waals surface area (Å²) in [5.74, 6) is -2.76. The fourth-order valence-electron chi connectivity index (χ4n) is 5.57. The Hall–Kier alpha value is -3.79. The first-order chi connectivity index (χ1) is 20.5. The van der Waals surface area contributed by atoms with Crippen molar-refractivity contribution in [3.63, 3.8) is 0 Å². The molecular formula is C33H39F2N3O4S. The summed E-state index contributed by atoms with van der Waals surface area (Å²) in [5.41, 5.74) is 2.79. The number of hydrogen-bond donors (Lipinski definition) is 1. The molecule has 43 heavy (non-hydrogen) atoms. The van der Waals surface area contributed by atoms with Gasteiger partial charge in [-0.25, -0.2) is 17.2 Å². The lowest BCUT2D eigenvalue weighted by atomic mass is 10.0. The van der Waals surface area contributed by atoms with E-state index in [-0.39, 0.29) is 49.5 Å². The Morgan fingerprint density at radius 3 is 2.28 bits per heavy atom. The first-order valence-corrected chi connectivity index (χ1v) is 16.5. The van der Waals surface area contributed by atoms with Gasteiger partial charge in [-0.15, -0.1) is 0 Å². The second-order valence-corrected chi connectivity index (χ2v) is 13.2. The van der Waals surface area contributed by atoms with Gasteiger partial charge in [0, 0.05) is 38.0 Å². The van der Waals surface area contributed by atoms with E-state index in [9.17, 15) is 26.8 Å². The van der Waals surface area contributed by atoms with Gasteiger partial charge >= 0.3 is 0 Å². The standard InChI is InChI=1S/C33H39F2N3O4S/c1-24-10-8-13-26(20-24)23-37(31(21-25-11-4-3-5-12-25)33(40)36-27-14-6-7-15-27)32(39)16-9-19-38(43(2,41)42)28-17-18-29(34)30(35)22-28/h3-5,8,10-13,17-18,20,22,27,31H,6-7,9,14-16,19,21,23H2,1-2H3,(H,36,40)/t31-/m1/s1. The quantitative estimate of drug-likeness (QED) is 0.276. The van der Waals surface area contributed by atoms with Crippen LogP contribution in [0.1, 0.15) is 55.2 Å². The normalized spacial score (nSPS) is 14.3. The topological polar surface area (TPSA) is 86.8 Å². The van der Waals surface area contributed by atoms with E-state index in [2.05, 4.69) is 5.32 Å². The van der Waals surface area contributed by atoms with Gasteiger partial charge in [-0.3, -0.25) is 13.9 Å². The van der Waals surface area contributed by atoms with Crippen molar-refractivity contribution in [3.05, 3.63) is 101 Å². The summed E-state index contributed by atoms with van der Waals surface area (Å²) in [6.07, 6.45) is 5.26. The highest BCUT2D eigenvalue weighted by Crippen LogP contribution is 2.23. The lowest BCUT2D eigenvalue weighted by molar-refractivity contribution is -0.141. The zero-order valence-corrected chi connectivity index (χ0v) is 25.5. The predicted octanol–water partition coefficient (Wildman–Crippen LogP) is 5.52. The van der Waals surface area contributed by atoms with Crippen LogP contribution in [0.3, 0.4) is 0 Å². The van der Waals surface area contributed by atoms with E-state index in [4.69, 9.17) is 0 Å². The van der Waals surface area contributed by atoms with Gasteiger partial charge in [0.15, 0.2) is 11.6 Å². The molecule has 0 unspecified atom stereocenters. The van der Waals surface area contributed by atoms with Gasteiger partial charge in [0.1, 0.15) is 6.04 Å². The molecule has 1 aliphatic rings. The molecule has 4 rings (SSSR count). The molecule has 0 bridgehead atoms. The third-order valence-electron chi connectivity index (χ3n) is 7.75. The molecule has 2 amide bonds. The van der Waals surface area contributed by atoms with E-state index < -0.39 is 27.7 Å². The molecule has 1 N–H and O–H groups in total. The molecular weight excluding hydrogens is 572 g/mol. The number of rotatable bonds is 13. The number of benzene rings is 3. The fraction of sp³-hybridized carbons (Fsp3) is 0.394. The van der Waals surface area contributed by atoms with E-state index in [1.807, 2.05) is 61.5 Å². The number of aryl methyl sites for hydroxylation is 1. The van der Waals surface area contributed by atoms with Crippen LogP contribution in [0.5, 0.6) is 0 Å². The van der Waals surface area contributed by atoms with Crippen molar-refractivity contribution in [2.24, 2.45) is 0 Å². The molecule has 10 heteroatoms. The third kappa shape index (κ3) is 9.10.